The molecule has 1 N–H and O–H groups in total. The second kappa shape index (κ2) is 4.23. The number of aromatic nitrogens is 1. The lowest BCUT2D eigenvalue weighted by Crippen LogP contribution is -2.11. The molecular weight excluding hydrogens is 255 g/mol. The predicted octanol–water partition coefficient (Wildman–Crippen LogP) is 3.28. The van der Waals surface area contributed by atoms with E-state index in [0.29, 0.717) is 5.39 Å². The Morgan fingerprint density at radius 2 is 2.28 bits per heavy atom. The van der Waals surface area contributed by atoms with Crippen molar-refractivity contribution in [1.29, 1.82) is 0 Å². The van der Waals surface area contributed by atoms with Gasteiger partial charge in [0.05, 0.1) is 10.4 Å². The molecule has 4 nitrogen and oxygen atoms in total. The number of anilines is 1. The summed E-state index contributed by atoms with van der Waals surface area (Å²) in [5, 5.41) is 9.43. The fraction of sp³-hybridized carbons (Fsp3) is 0. The van der Waals surface area contributed by atoms with E-state index >= 15 is 0 Å². The van der Waals surface area contributed by atoms with E-state index in [0.717, 1.165) is 5.00 Å². The number of rotatable bonds is 2. The van der Waals surface area contributed by atoms with E-state index in [1.54, 1.807) is 6.07 Å². The molecule has 0 bridgehead atoms. The van der Waals surface area contributed by atoms with Gasteiger partial charge in [-0.3, -0.25) is 4.79 Å². The van der Waals surface area contributed by atoms with E-state index in [-0.39, 0.29) is 17.2 Å². The molecule has 0 radical (unpaired) electrons. The summed E-state index contributed by atoms with van der Waals surface area (Å²) >= 11 is 1.41. The van der Waals surface area contributed by atoms with Crippen molar-refractivity contribution < 1.29 is 13.7 Å². The molecule has 1 amide bonds. The summed E-state index contributed by atoms with van der Waals surface area (Å²) < 4.78 is 17.9. The highest BCUT2D eigenvalue weighted by Gasteiger charge is 2.16. The van der Waals surface area contributed by atoms with Gasteiger partial charge in [-0.1, -0.05) is 5.16 Å². The molecule has 0 saturated carbocycles. The van der Waals surface area contributed by atoms with Gasteiger partial charge in [0.25, 0.3) is 5.91 Å². The lowest BCUT2D eigenvalue weighted by molar-refractivity contribution is 0.102. The molecule has 2 heterocycles. The average molecular weight is 262 g/mol. The van der Waals surface area contributed by atoms with E-state index in [4.69, 9.17) is 4.52 Å². The topological polar surface area (TPSA) is 55.1 Å². The minimum Gasteiger partial charge on any atom is -0.355 e. The number of halogens is 1. The Bertz CT molecular complexity index is 706. The number of carbonyl (C=O) groups excluding carboxylic acids is 1. The van der Waals surface area contributed by atoms with Crippen molar-refractivity contribution in [2.45, 2.75) is 0 Å². The Kier molecular flexibility index (Phi) is 2.56. The van der Waals surface area contributed by atoms with E-state index in [1.165, 1.54) is 29.5 Å². The Labute approximate surface area is 105 Å². The first-order valence-corrected chi connectivity index (χ1v) is 6.02. The number of amides is 1. The molecule has 0 aliphatic heterocycles. The first-order valence-electron chi connectivity index (χ1n) is 5.14. The number of fused-ring (bicyclic) bond motifs is 1. The standard InChI is InChI=1S/C12H7FN2O2S/c13-7-3-4-8-9(6-7)17-15-11(8)12(16)14-10-2-1-5-18-10/h1-6H,(H,14,16). The van der Waals surface area contributed by atoms with Crippen LogP contribution in [0.4, 0.5) is 9.39 Å². The molecule has 3 rings (SSSR count). The lowest BCUT2D eigenvalue weighted by atomic mass is 10.2. The second-order valence-corrected chi connectivity index (χ2v) is 4.55. The highest BCUT2D eigenvalue weighted by atomic mass is 32.1. The molecule has 0 atom stereocenters. The van der Waals surface area contributed by atoms with E-state index in [9.17, 15) is 9.18 Å². The van der Waals surface area contributed by atoms with Crippen LogP contribution in [0.2, 0.25) is 0 Å². The van der Waals surface area contributed by atoms with Crippen molar-refractivity contribution in [2.75, 3.05) is 5.32 Å². The summed E-state index contributed by atoms with van der Waals surface area (Å²) in [6.07, 6.45) is 0. The summed E-state index contributed by atoms with van der Waals surface area (Å²) in [5.41, 5.74) is 0.407. The Balaban J connectivity index is 1.97. The van der Waals surface area contributed by atoms with Gasteiger partial charge in [-0.05, 0) is 29.6 Å². The van der Waals surface area contributed by atoms with Crippen molar-refractivity contribution in [3.63, 3.8) is 0 Å². The minimum absolute atomic E-state index is 0.151. The summed E-state index contributed by atoms with van der Waals surface area (Å²) in [7, 11) is 0. The zero-order valence-electron chi connectivity index (χ0n) is 9.01. The molecule has 18 heavy (non-hydrogen) atoms. The third-order valence-electron chi connectivity index (χ3n) is 2.41. The van der Waals surface area contributed by atoms with Gasteiger partial charge in [0, 0.05) is 6.07 Å². The third kappa shape index (κ3) is 1.86. The molecule has 0 spiro atoms. The van der Waals surface area contributed by atoms with Crippen molar-refractivity contribution >= 4 is 33.2 Å². The number of nitrogens with zero attached hydrogens (tertiary/aromatic N) is 1. The molecule has 90 valence electrons. The highest BCUT2D eigenvalue weighted by molar-refractivity contribution is 7.14. The van der Waals surface area contributed by atoms with Crippen LogP contribution >= 0.6 is 11.3 Å². The minimum atomic E-state index is -0.427. The molecular formula is C12H7FN2O2S. The molecule has 6 heteroatoms. The van der Waals surface area contributed by atoms with Gasteiger partial charge < -0.3 is 9.84 Å². The zero-order chi connectivity index (χ0) is 12.5. The quantitative estimate of drug-likeness (QED) is 0.771. The highest BCUT2D eigenvalue weighted by Crippen LogP contribution is 2.21. The van der Waals surface area contributed by atoms with Crippen molar-refractivity contribution in [3.05, 3.63) is 47.2 Å². The molecule has 0 fully saturated rings. The van der Waals surface area contributed by atoms with Crippen LogP contribution in [0, 0.1) is 5.82 Å². The van der Waals surface area contributed by atoms with Gasteiger partial charge in [0.15, 0.2) is 11.3 Å². The number of hydrogen-bond donors (Lipinski definition) is 1. The largest absolute Gasteiger partial charge is 0.355 e. The van der Waals surface area contributed by atoms with Crippen LogP contribution in [0.15, 0.2) is 40.2 Å². The van der Waals surface area contributed by atoms with E-state index in [2.05, 4.69) is 10.5 Å². The number of benzene rings is 1. The molecule has 0 unspecified atom stereocenters. The van der Waals surface area contributed by atoms with Crippen LogP contribution in [0.3, 0.4) is 0 Å². The van der Waals surface area contributed by atoms with Gasteiger partial charge in [-0.15, -0.1) is 11.3 Å². The van der Waals surface area contributed by atoms with Gasteiger partial charge in [-0.25, -0.2) is 4.39 Å². The maximum Gasteiger partial charge on any atom is 0.279 e. The lowest BCUT2D eigenvalue weighted by Gasteiger charge is -1.98. The van der Waals surface area contributed by atoms with Gasteiger partial charge in [0.1, 0.15) is 5.82 Å². The molecule has 2 aromatic heterocycles. The van der Waals surface area contributed by atoms with Crippen LogP contribution in [-0.4, -0.2) is 11.1 Å². The summed E-state index contributed by atoms with van der Waals surface area (Å²) in [5.74, 6) is -0.799. The first kappa shape index (κ1) is 10.9. The molecule has 0 aliphatic rings. The zero-order valence-corrected chi connectivity index (χ0v) is 9.83. The Morgan fingerprint density at radius 3 is 3.06 bits per heavy atom. The van der Waals surface area contributed by atoms with E-state index in [1.807, 2.05) is 11.4 Å². The van der Waals surface area contributed by atoms with Crippen LogP contribution in [-0.2, 0) is 0 Å². The number of carbonyl (C=O) groups is 1. The summed E-state index contributed by atoms with van der Waals surface area (Å²) in [6.45, 7) is 0. The van der Waals surface area contributed by atoms with Crippen molar-refractivity contribution in [3.8, 4) is 0 Å². The maximum absolute atomic E-state index is 13.0. The average Bonchev–Trinajstić information content (AvgIpc) is 2.97. The SMILES string of the molecule is O=C(Nc1cccs1)c1noc2cc(F)ccc12. The second-order valence-electron chi connectivity index (χ2n) is 3.60. The monoisotopic (exact) mass is 262 g/mol. The molecule has 1 aromatic carbocycles. The third-order valence-corrected chi connectivity index (χ3v) is 3.19. The van der Waals surface area contributed by atoms with Crippen molar-refractivity contribution in [1.82, 2.24) is 5.16 Å². The summed E-state index contributed by atoms with van der Waals surface area (Å²) in [4.78, 5) is 12.0. The number of hydrogen-bond acceptors (Lipinski definition) is 4. The van der Waals surface area contributed by atoms with Crippen LogP contribution < -0.4 is 5.32 Å². The van der Waals surface area contributed by atoms with Crippen LogP contribution in [0.1, 0.15) is 10.5 Å². The maximum atomic E-state index is 13.0. The van der Waals surface area contributed by atoms with Gasteiger partial charge in [-0.2, -0.15) is 0 Å². The molecule has 0 saturated heterocycles. The molecule has 3 aromatic rings. The number of thiophene rings is 1. The predicted molar refractivity (Wildman–Crippen MR) is 66.2 cm³/mol. The van der Waals surface area contributed by atoms with Crippen LogP contribution in [0.5, 0.6) is 0 Å². The van der Waals surface area contributed by atoms with Gasteiger partial charge in [0.2, 0.25) is 0 Å². The first-order chi connectivity index (χ1) is 8.74. The normalized spacial score (nSPS) is 10.7. The summed E-state index contributed by atoms with van der Waals surface area (Å²) in [6, 6.07) is 7.55. The molecule has 0 aliphatic carbocycles. The van der Waals surface area contributed by atoms with Gasteiger partial charge >= 0.3 is 0 Å². The van der Waals surface area contributed by atoms with Crippen LogP contribution in [0.25, 0.3) is 11.0 Å². The Morgan fingerprint density at radius 1 is 1.39 bits per heavy atom. The van der Waals surface area contributed by atoms with Crippen molar-refractivity contribution in [2.24, 2.45) is 0 Å². The number of nitrogens with one attached hydrogen (secondary N) is 1. The fourth-order valence-electron chi connectivity index (χ4n) is 1.60. The smallest absolute Gasteiger partial charge is 0.279 e. The van der Waals surface area contributed by atoms with E-state index < -0.39 is 5.82 Å². The Hall–Kier alpha value is -2.21. The fourth-order valence-corrected chi connectivity index (χ4v) is 2.21.